The number of carbonyl (C=O) groups is 3. The number of hydrogen-bond donors (Lipinski definition) is 0. The van der Waals surface area contributed by atoms with Crippen LogP contribution in [0.5, 0.6) is 0 Å². The molecule has 0 fully saturated rings. The van der Waals surface area contributed by atoms with Crippen molar-refractivity contribution in [1.82, 2.24) is 4.90 Å². The number of benzene rings is 3. The number of hydrogen-bond acceptors (Lipinski definition) is 5. The molecule has 0 saturated carbocycles. The molecule has 0 unspecified atom stereocenters. The molecule has 146 valence electrons. The second-order valence-electron chi connectivity index (χ2n) is 6.41. The van der Waals surface area contributed by atoms with Gasteiger partial charge in [0.15, 0.2) is 0 Å². The zero-order chi connectivity index (χ0) is 20.4. The maximum absolute atomic E-state index is 12.3. The second-order valence-corrected chi connectivity index (χ2v) is 7.84. The zero-order valence-electron chi connectivity index (χ0n) is 15.3. The third kappa shape index (κ3) is 3.86. The molecule has 0 aliphatic carbocycles. The SMILES string of the molecule is O=C(CSc1cccc2cccc(Cl)c12)OCCN1C(=O)c2ccccc2C1=O. The zero-order valence-corrected chi connectivity index (χ0v) is 16.8. The van der Waals surface area contributed by atoms with Crippen molar-refractivity contribution >= 4 is 51.9 Å². The standard InChI is InChI=1S/C22H16ClNO4S/c23-17-9-3-5-14-6-4-10-18(20(14)17)29-13-19(25)28-12-11-24-21(26)15-7-1-2-8-16(15)22(24)27/h1-10H,11-13H2. The fraction of sp³-hybridized carbons (Fsp3) is 0.136. The second kappa shape index (κ2) is 8.27. The van der Waals surface area contributed by atoms with Crippen molar-refractivity contribution in [2.24, 2.45) is 0 Å². The van der Waals surface area contributed by atoms with E-state index in [1.54, 1.807) is 24.3 Å². The van der Waals surface area contributed by atoms with Gasteiger partial charge < -0.3 is 4.74 Å². The summed E-state index contributed by atoms with van der Waals surface area (Å²) in [7, 11) is 0. The average molecular weight is 426 g/mol. The Bertz CT molecular complexity index is 1090. The molecule has 0 saturated heterocycles. The lowest BCUT2D eigenvalue weighted by Gasteiger charge is -2.14. The number of halogens is 1. The maximum Gasteiger partial charge on any atom is 0.316 e. The molecule has 1 aliphatic rings. The van der Waals surface area contributed by atoms with Gasteiger partial charge in [-0.3, -0.25) is 19.3 Å². The van der Waals surface area contributed by atoms with Crippen LogP contribution in [0.25, 0.3) is 10.8 Å². The molecule has 0 N–H and O–H groups in total. The van der Waals surface area contributed by atoms with E-state index in [1.165, 1.54) is 11.8 Å². The molecule has 0 radical (unpaired) electrons. The van der Waals surface area contributed by atoms with Crippen molar-refractivity contribution in [3.8, 4) is 0 Å². The van der Waals surface area contributed by atoms with Crippen molar-refractivity contribution in [1.29, 1.82) is 0 Å². The number of amides is 2. The number of ether oxygens (including phenoxy) is 1. The van der Waals surface area contributed by atoms with Gasteiger partial charge in [-0.1, -0.05) is 48.0 Å². The number of thioether (sulfide) groups is 1. The van der Waals surface area contributed by atoms with Gasteiger partial charge in [0.25, 0.3) is 11.8 Å². The van der Waals surface area contributed by atoms with Crippen LogP contribution in [-0.4, -0.2) is 41.6 Å². The van der Waals surface area contributed by atoms with E-state index in [1.807, 2.05) is 36.4 Å². The highest BCUT2D eigenvalue weighted by molar-refractivity contribution is 8.00. The molecule has 5 nitrogen and oxygen atoms in total. The van der Waals surface area contributed by atoms with Crippen LogP contribution in [0.1, 0.15) is 20.7 Å². The number of imide groups is 1. The van der Waals surface area contributed by atoms with E-state index >= 15 is 0 Å². The number of fused-ring (bicyclic) bond motifs is 2. The molecule has 29 heavy (non-hydrogen) atoms. The molecular weight excluding hydrogens is 410 g/mol. The molecule has 3 aromatic rings. The smallest absolute Gasteiger partial charge is 0.316 e. The molecule has 1 heterocycles. The molecule has 0 spiro atoms. The van der Waals surface area contributed by atoms with Crippen LogP contribution in [0.15, 0.2) is 65.6 Å². The monoisotopic (exact) mass is 425 g/mol. The highest BCUT2D eigenvalue weighted by Crippen LogP contribution is 2.33. The van der Waals surface area contributed by atoms with Gasteiger partial charge in [-0.25, -0.2) is 0 Å². The minimum atomic E-state index is -0.421. The van der Waals surface area contributed by atoms with Gasteiger partial charge in [-0.2, -0.15) is 0 Å². The number of rotatable bonds is 6. The molecule has 0 atom stereocenters. The molecule has 7 heteroatoms. The Balaban J connectivity index is 1.32. The molecule has 1 aliphatic heterocycles. The van der Waals surface area contributed by atoms with Gasteiger partial charge in [0.1, 0.15) is 6.61 Å². The van der Waals surface area contributed by atoms with E-state index in [2.05, 4.69) is 0 Å². The first-order valence-electron chi connectivity index (χ1n) is 8.97. The van der Waals surface area contributed by atoms with Crippen molar-refractivity contribution in [2.45, 2.75) is 4.90 Å². The summed E-state index contributed by atoms with van der Waals surface area (Å²) in [5.41, 5.74) is 0.763. The first-order chi connectivity index (χ1) is 14.1. The molecular formula is C22H16ClNO4S. The lowest BCUT2D eigenvalue weighted by molar-refractivity contribution is -0.140. The quantitative estimate of drug-likeness (QED) is 0.332. The largest absolute Gasteiger partial charge is 0.463 e. The number of esters is 1. The minimum absolute atomic E-state index is 0.0306. The Kier molecular flexibility index (Phi) is 5.56. The van der Waals surface area contributed by atoms with Gasteiger partial charge in [-0.05, 0) is 29.7 Å². The highest BCUT2D eigenvalue weighted by Gasteiger charge is 2.34. The van der Waals surface area contributed by atoms with Crippen molar-refractivity contribution in [3.05, 3.63) is 76.8 Å². The average Bonchev–Trinajstić information content (AvgIpc) is 2.97. The lowest BCUT2D eigenvalue weighted by Crippen LogP contribution is -2.33. The Morgan fingerprint density at radius 3 is 2.28 bits per heavy atom. The van der Waals surface area contributed by atoms with E-state index < -0.39 is 5.97 Å². The van der Waals surface area contributed by atoms with Crippen LogP contribution in [0.2, 0.25) is 5.02 Å². The lowest BCUT2D eigenvalue weighted by atomic mass is 10.1. The summed E-state index contributed by atoms with van der Waals surface area (Å²) in [6, 6.07) is 18.1. The number of carbonyl (C=O) groups excluding carboxylic acids is 3. The topological polar surface area (TPSA) is 63.7 Å². The van der Waals surface area contributed by atoms with Gasteiger partial charge in [-0.15, -0.1) is 11.8 Å². The Labute approximate surface area is 176 Å². The summed E-state index contributed by atoms with van der Waals surface area (Å²) >= 11 is 7.64. The summed E-state index contributed by atoms with van der Waals surface area (Å²) in [6.07, 6.45) is 0. The van der Waals surface area contributed by atoms with Crippen molar-refractivity contribution < 1.29 is 19.1 Å². The van der Waals surface area contributed by atoms with Crippen LogP contribution in [0.3, 0.4) is 0 Å². The molecule has 0 bridgehead atoms. The maximum atomic E-state index is 12.3. The van der Waals surface area contributed by atoms with E-state index in [9.17, 15) is 14.4 Å². The predicted octanol–water partition coefficient (Wildman–Crippen LogP) is 4.42. The summed E-state index contributed by atoms with van der Waals surface area (Å²) in [6.45, 7) is -0.00992. The first-order valence-corrected chi connectivity index (χ1v) is 10.3. The van der Waals surface area contributed by atoms with E-state index in [4.69, 9.17) is 16.3 Å². The van der Waals surface area contributed by atoms with E-state index in [0.29, 0.717) is 16.1 Å². The fourth-order valence-corrected chi connectivity index (χ4v) is 4.50. The van der Waals surface area contributed by atoms with Gasteiger partial charge >= 0.3 is 5.97 Å². The van der Waals surface area contributed by atoms with E-state index in [0.717, 1.165) is 20.6 Å². The molecule has 4 rings (SSSR count). The Morgan fingerprint density at radius 1 is 0.931 bits per heavy atom. The van der Waals surface area contributed by atoms with Gasteiger partial charge in [0.2, 0.25) is 0 Å². The molecule has 2 amide bonds. The number of nitrogens with zero attached hydrogens (tertiary/aromatic N) is 1. The third-order valence-electron chi connectivity index (χ3n) is 4.62. The Morgan fingerprint density at radius 2 is 1.59 bits per heavy atom. The summed E-state index contributed by atoms with van der Waals surface area (Å²) in [5.74, 6) is -1.04. The normalized spacial score (nSPS) is 13.1. The van der Waals surface area contributed by atoms with Crippen LogP contribution in [0, 0.1) is 0 Å². The van der Waals surface area contributed by atoms with Crippen LogP contribution >= 0.6 is 23.4 Å². The van der Waals surface area contributed by atoms with E-state index in [-0.39, 0.29) is 30.7 Å². The summed E-state index contributed by atoms with van der Waals surface area (Å²) in [4.78, 5) is 38.7. The summed E-state index contributed by atoms with van der Waals surface area (Å²) in [5, 5.41) is 2.53. The van der Waals surface area contributed by atoms with Gasteiger partial charge in [0.05, 0.1) is 23.4 Å². The predicted molar refractivity (Wildman–Crippen MR) is 112 cm³/mol. The van der Waals surface area contributed by atoms with Crippen molar-refractivity contribution in [3.63, 3.8) is 0 Å². The molecule has 3 aromatic carbocycles. The fourth-order valence-electron chi connectivity index (χ4n) is 3.25. The highest BCUT2D eigenvalue weighted by atomic mass is 35.5. The molecule has 0 aromatic heterocycles. The first kappa shape index (κ1) is 19.5. The summed E-state index contributed by atoms with van der Waals surface area (Å²) < 4.78 is 5.22. The van der Waals surface area contributed by atoms with Crippen molar-refractivity contribution in [2.75, 3.05) is 18.9 Å². The third-order valence-corrected chi connectivity index (χ3v) is 5.96. The Hall–Kier alpha value is -2.83. The minimum Gasteiger partial charge on any atom is -0.463 e. The van der Waals surface area contributed by atoms with Gasteiger partial charge in [0, 0.05) is 15.3 Å². The van der Waals surface area contributed by atoms with Crippen LogP contribution in [-0.2, 0) is 9.53 Å². The van der Waals surface area contributed by atoms with Crippen LogP contribution < -0.4 is 0 Å². The van der Waals surface area contributed by atoms with Crippen LogP contribution in [0.4, 0.5) is 0 Å².